The molecular formula is C13H16N2O2S. The van der Waals surface area contributed by atoms with Gasteiger partial charge in [0.25, 0.3) is 0 Å². The molecule has 1 heterocycles. The number of aromatic nitrogens is 1. The number of ether oxygens (including phenoxy) is 1. The average molecular weight is 264 g/mol. The molecule has 0 saturated carbocycles. The van der Waals surface area contributed by atoms with Gasteiger partial charge in [-0.25, -0.2) is 9.78 Å². The van der Waals surface area contributed by atoms with Gasteiger partial charge in [0.05, 0.1) is 22.4 Å². The van der Waals surface area contributed by atoms with Gasteiger partial charge in [-0.3, -0.25) is 0 Å². The monoisotopic (exact) mass is 264 g/mol. The van der Waals surface area contributed by atoms with Gasteiger partial charge in [0.1, 0.15) is 5.01 Å². The summed E-state index contributed by atoms with van der Waals surface area (Å²) in [6.45, 7) is 3.01. The van der Waals surface area contributed by atoms with Crippen molar-refractivity contribution in [3.63, 3.8) is 0 Å². The van der Waals surface area contributed by atoms with Gasteiger partial charge in [-0.2, -0.15) is 0 Å². The fourth-order valence-electron chi connectivity index (χ4n) is 1.65. The van der Waals surface area contributed by atoms with Gasteiger partial charge in [0.2, 0.25) is 0 Å². The maximum absolute atomic E-state index is 11.6. The molecule has 2 aromatic rings. The van der Waals surface area contributed by atoms with Crippen molar-refractivity contribution in [1.82, 2.24) is 9.88 Å². The molecule has 0 saturated heterocycles. The van der Waals surface area contributed by atoms with E-state index in [2.05, 4.69) is 9.88 Å². The molecule has 1 aromatic heterocycles. The maximum atomic E-state index is 11.6. The molecule has 0 spiro atoms. The first-order valence-electron chi connectivity index (χ1n) is 5.81. The number of rotatable bonds is 4. The van der Waals surface area contributed by atoms with Crippen LogP contribution in [0.4, 0.5) is 0 Å². The first-order valence-corrected chi connectivity index (χ1v) is 6.63. The highest BCUT2D eigenvalue weighted by molar-refractivity contribution is 7.18. The summed E-state index contributed by atoms with van der Waals surface area (Å²) in [5, 5.41) is 1.05. The van der Waals surface area contributed by atoms with Crippen LogP contribution in [-0.2, 0) is 11.3 Å². The van der Waals surface area contributed by atoms with Gasteiger partial charge in [-0.1, -0.05) is 0 Å². The number of fused-ring (bicyclic) bond motifs is 1. The van der Waals surface area contributed by atoms with E-state index in [0.29, 0.717) is 12.2 Å². The van der Waals surface area contributed by atoms with Crippen molar-refractivity contribution >= 4 is 27.5 Å². The van der Waals surface area contributed by atoms with Crippen LogP contribution in [0.3, 0.4) is 0 Å². The lowest BCUT2D eigenvalue weighted by molar-refractivity contribution is 0.0526. The van der Waals surface area contributed by atoms with Crippen molar-refractivity contribution in [2.75, 3.05) is 20.7 Å². The molecule has 0 bridgehead atoms. The molecule has 18 heavy (non-hydrogen) atoms. The lowest BCUT2D eigenvalue weighted by atomic mass is 10.2. The number of thiazole rings is 1. The quantitative estimate of drug-likeness (QED) is 0.796. The van der Waals surface area contributed by atoms with E-state index in [1.54, 1.807) is 24.3 Å². The number of carbonyl (C=O) groups excluding carboxylic acids is 1. The molecular weight excluding hydrogens is 248 g/mol. The molecule has 0 amide bonds. The third kappa shape index (κ3) is 2.86. The van der Waals surface area contributed by atoms with E-state index in [1.165, 1.54) is 0 Å². The normalized spacial score (nSPS) is 11.1. The van der Waals surface area contributed by atoms with Crippen LogP contribution in [0.5, 0.6) is 0 Å². The standard InChI is InChI=1S/C13H16N2O2S/c1-4-17-13(16)9-5-6-10-11(7-9)18-12(14-10)8-15(2)3/h5-7H,4,8H2,1-3H3. The molecule has 0 unspecified atom stereocenters. The summed E-state index contributed by atoms with van der Waals surface area (Å²) in [5.41, 5.74) is 1.52. The Bertz CT molecular complexity index is 563. The molecule has 0 aliphatic rings. The summed E-state index contributed by atoms with van der Waals surface area (Å²) >= 11 is 1.61. The van der Waals surface area contributed by atoms with Gasteiger partial charge >= 0.3 is 5.97 Å². The minimum atomic E-state index is -0.276. The van der Waals surface area contributed by atoms with Crippen LogP contribution >= 0.6 is 11.3 Å². The second-order valence-electron chi connectivity index (χ2n) is 4.25. The zero-order chi connectivity index (χ0) is 13.1. The van der Waals surface area contributed by atoms with Gasteiger partial charge in [0.15, 0.2) is 0 Å². The second-order valence-corrected chi connectivity index (χ2v) is 5.36. The minimum absolute atomic E-state index is 0.276. The van der Waals surface area contributed by atoms with Gasteiger partial charge in [0, 0.05) is 6.54 Å². The van der Waals surface area contributed by atoms with Crippen LogP contribution in [-0.4, -0.2) is 36.6 Å². The fraction of sp³-hybridized carbons (Fsp3) is 0.385. The molecule has 0 N–H and O–H groups in total. The van der Waals surface area contributed by atoms with Crippen LogP contribution in [0, 0.1) is 0 Å². The third-order valence-corrected chi connectivity index (χ3v) is 3.40. The zero-order valence-electron chi connectivity index (χ0n) is 10.8. The maximum Gasteiger partial charge on any atom is 0.338 e. The summed E-state index contributed by atoms with van der Waals surface area (Å²) in [6, 6.07) is 5.49. The Balaban J connectivity index is 2.30. The Morgan fingerprint density at radius 3 is 2.89 bits per heavy atom. The number of hydrogen-bond donors (Lipinski definition) is 0. The van der Waals surface area contributed by atoms with E-state index in [4.69, 9.17) is 4.74 Å². The van der Waals surface area contributed by atoms with Crippen molar-refractivity contribution in [1.29, 1.82) is 0 Å². The smallest absolute Gasteiger partial charge is 0.338 e. The Labute approximate surface area is 110 Å². The molecule has 0 atom stereocenters. The minimum Gasteiger partial charge on any atom is -0.462 e. The molecule has 5 heteroatoms. The number of hydrogen-bond acceptors (Lipinski definition) is 5. The third-order valence-electron chi connectivity index (χ3n) is 2.40. The zero-order valence-corrected chi connectivity index (χ0v) is 11.6. The Kier molecular flexibility index (Phi) is 3.93. The lowest BCUT2D eigenvalue weighted by Crippen LogP contribution is -2.09. The van der Waals surface area contributed by atoms with Crippen LogP contribution in [0.2, 0.25) is 0 Å². The van der Waals surface area contributed by atoms with E-state index in [0.717, 1.165) is 21.8 Å². The van der Waals surface area contributed by atoms with Crippen molar-refractivity contribution in [3.05, 3.63) is 28.8 Å². The topological polar surface area (TPSA) is 42.4 Å². The summed E-state index contributed by atoms with van der Waals surface area (Å²) in [5.74, 6) is -0.276. The molecule has 96 valence electrons. The van der Waals surface area contributed by atoms with E-state index in [9.17, 15) is 4.79 Å². The van der Waals surface area contributed by atoms with Crippen LogP contribution in [0.15, 0.2) is 18.2 Å². The highest BCUT2D eigenvalue weighted by atomic mass is 32.1. The van der Waals surface area contributed by atoms with Crippen molar-refractivity contribution in [2.24, 2.45) is 0 Å². The number of benzene rings is 1. The summed E-state index contributed by atoms with van der Waals surface area (Å²) in [7, 11) is 4.02. The molecule has 0 radical (unpaired) electrons. The van der Waals surface area contributed by atoms with Gasteiger partial charge in [-0.15, -0.1) is 11.3 Å². The predicted octanol–water partition coefficient (Wildman–Crippen LogP) is 2.53. The van der Waals surface area contributed by atoms with Crippen molar-refractivity contribution in [3.8, 4) is 0 Å². The fourth-order valence-corrected chi connectivity index (χ4v) is 2.78. The molecule has 0 fully saturated rings. The first-order chi connectivity index (χ1) is 8.60. The predicted molar refractivity (Wildman–Crippen MR) is 73.0 cm³/mol. The van der Waals surface area contributed by atoms with E-state index in [-0.39, 0.29) is 5.97 Å². The first kappa shape index (κ1) is 13.0. The Hall–Kier alpha value is -1.46. The lowest BCUT2D eigenvalue weighted by Gasteiger charge is -2.04. The van der Waals surface area contributed by atoms with E-state index >= 15 is 0 Å². The van der Waals surface area contributed by atoms with E-state index < -0.39 is 0 Å². The number of nitrogens with zero attached hydrogens (tertiary/aromatic N) is 2. The molecule has 1 aromatic carbocycles. The highest BCUT2D eigenvalue weighted by Gasteiger charge is 2.10. The summed E-state index contributed by atoms with van der Waals surface area (Å²) in [6.07, 6.45) is 0. The van der Waals surface area contributed by atoms with Crippen LogP contribution in [0.25, 0.3) is 10.2 Å². The van der Waals surface area contributed by atoms with Crippen molar-refractivity contribution < 1.29 is 9.53 Å². The second kappa shape index (κ2) is 5.46. The Morgan fingerprint density at radius 1 is 1.44 bits per heavy atom. The highest BCUT2D eigenvalue weighted by Crippen LogP contribution is 2.24. The molecule has 0 aliphatic carbocycles. The summed E-state index contributed by atoms with van der Waals surface area (Å²) in [4.78, 5) is 18.2. The van der Waals surface area contributed by atoms with Crippen LogP contribution < -0.4 is 0 Å². The molecule has 0 aliphatic heterocycles. The number of esters is 1. The molecule has 4 nitrogen and oxygen atoms in total. The number of carbonyl (C=O) groups is 1. The molecule has 2 rings (SSSR count). The largest absolute Gasteiger partial charge is 0.462 e. The van der Waals surface area contributed by atoms with Gasteiger partial charge in [-0.05, 0) is 39.2 Å². The van der Waals surface area contributed by atoms with Crippen LogP contribution in [0.1, 0.15) is 22.3 Å². The van der Waals surface area contributed by atoms with E-state index in [1.807, 2.05) is 26.2 Å². The van der Waals surface area contributed by atoms with Gasteiger partial charge < -0.3 is 9.64 Å². The van der Waals surface area contributed by atoms with Crippen molar-refractivity contribution in [2.45, 2.75) is 13.5 Å². The summed E-state index contributed by atoms with van der Waals surface area (Å²) < 4.78 is 6.01. The SMILES string of the molecule is CCOC(=O)c1ccc2nc(CN(C)C)sc2c1. The average Bonchev–Trinajstić information content (AvgIpc) is 2.69. The Morgan fingerprint density at radius 2 is 2.22 bits per heavy atom.